The Bertz CT molecular complexity index is 684. The zero-order valence-corrected chi connectivity index (χ0v) is 10.8. The van der Waals surface area contributed by atoms with Crippen LogP contribution in [0.15, 0.2) is 36.4 Å². The van der Waals surface area contributed by atoms with Gasteiger partial charge in [0.15, 0.2) is 17.2 Å². The number of esters is 1. The average Bonchev–Trinajstić information content (AvgIpc) is 2.43. The van der Waals surface area contributed by atoms with Crippen molar-refractivity contribution >= 4 is 5.97 Å². The minimum absolute atomic E-state index is 0.148. The van der Waals surface area contributed by atoms with Gasteiger partial charge in [-0.25, -0.2) is 4.79 Å². The predicted molar refractivity (Wildman–Crippen MR) is 67.8 cm³/mol. The first kappa shape index (κ1) is 15.5. The third-order valence-electron chi connectivity index (χ3n) is 2.70. The molecule has 0 radical (unpaired) electrons. The number of alkyl halides is 3. The Morgan fingerprint density at radius 1 is 0.955 bits per heavy atom. The molecule has 0 saturated carbocycles. The van der Waals surface area contributed by atoms with Gasteiger partial charge < -0.3 is 20.1 Å². The fourth-order valence-corrected chi connectivity index (χ4v) is 1.60. The van der Waals surface area contributed by atoms with E-state index in [9.17, 15) is 28.2 Å². The van der Waals surface area contributed by atoms with Crippen LogP contribution < -0.4 is 4.74 Å². The van der Waals surface area contributed by atoms with Crippen LogP contribution >= 0.6 is 0 Å². The van der Waals surface area contributed by atoms with Gasteiger partial charge in [-0.3, -0.25) is 0 Å². The van der Waals surface area contributed by atoms with Crippen LogP contribution in [0.2, 0.25) is 0 Å². The molecule has 0 saturated heterocycles. The SMILES string of the molecule is O=C(Oc1ccc(C(F)(F)F)cc1)c1cc(O)c(O)c(O)c1. The molecule has 0 heterocycles. The van der Waals surface area contributed by atoms with Gasteiger partial charge in [-0.1, -0.05) is 0 Å². The molecule has 0 bridgehead atoms. The van der Waals surface area contributed by atoms with E-state index in [2.05, 4.69) is 0 Å². The second-order valence-electron chi connectivity index (χ2n) is 4.27. The Morgan fingerprint density at radius 3 is 1.91 bits per heavy atom. The highest BCUT2D eigenvalue weighted by Gasteiger charge is 2.30. The van der Waals surface area contributed by atoms with Gasteiger partial charge in [-0.15, -0.1) is 0 Å². The van der Waals surface area contributed by atoms with Crippen molar-refractivity contribution in [3.8, 4) is 23.0 Å². The third kappa shape index (κ3) is 3.22. The summed E-state index contributed by atoms with van der Waals surface area (Å²) in [6.45, 7) is 0. The summed E-state index contributed by atoms with van der Waals surface area (Å²) in [6.07, 6.45) is -4.50. The van der Waals surface area contributed by atoms with E-state index >= 15 is 0 Å². The van der Waals surface area contributed by atoms with E-state index < -0.39 is 35.0 Å². The third-order valence-corrected chi connectivity index (χ3v) is 2.70. The summed E-state index contributed by atoms with van der Waals surface area (Å²) >= 11 is 0. The fraction of sp³-hybridized carbons (Fsp3) is 0.0714. The van der Waals surface area contributed by atoms with Crippen molar-refractivity contribution in [2.45, 2.75) is 6.18 Å². The van der Waals surface area contributed by atoms with Gasteiger partial charge in [0.1, 0.15) is 5.75 Å². The lowest BCUT2D eigenvalue weighted by atomic mass is 10.2. The lowest BCUT2D eigenvalue weighted by Crippen LogP contribution is -2.09. The van der Waals surface area contributed by atoms with Gasteiger partial charge in [0.2, 0.25) is 0 Å². The Kier molecular flexibility index (Phi) is 3.85. The number of carbonyl (C=O) groups is 1. The molecule has 5 nitrogen and oxygen atoms in total. The van der Waals surface area contributed by atoms with Gasteiger partial charge in [-0.05, 0) is 36.4 Å². The smallest absolute Gasteiger partial charge is 0.416 e. The molecule has 22 heavy (non-hydrogen) atoms. The Morgan fingerprint density at radius 2 is 1.45 bits per heavy atom. The zero-order valence-electron chi connectivity index (χ0n) is 10.8. The van der Waals surface area contributed by atoms with E-state index in [1.165, 1.54) is 0 Å². The first-order valence-corrected chi connectivity index (χ1v) is 5.83. The summed E-state index contributed by atoms with van der Waals surface area (Å²) in [5.41, 5.74) is -1.18. The minimum atomic E-state index is -4.50. The number of carbonyl (C=O) groups excluding carboxylic acids is 1. The predicted octanol–water partition coefficient (Wildman–Crippen LogP) is 3.04. The van der Waals surface area contributed by atoms with Crippen LogP contribution in [0.25, 0.3) is 0 Å². The molecular formula is C14H9F3O5. The standard InChI is InChI=1S/C14H9F3O5/c15-14(16,17)8-1-3-9(4-2-8)22-13(21)7-5-10(18)12(20)11(19)6-7/h1-6,18-20H. The quantitative estimate of drug-likeness (QED) is 0.450. The second-order valence-corrected chi connectivity index (χ2v) is 4.27. The van der Waals surface area contributed by atoms with Gasteiger partial charge in [0.05, 0.1) is 11.1 Å². The number of hydrogen-bond donors (Lipinski definition) is 3. The maximum absolute atomic E-state index is 12.4. The molecular weight excluding hydrogens is 305 g/mol. The van der Waals surface area contributed by atoms with Crippen molar-refractivity contribution < 1.29 is 38.0 Å². The summed E-state index contributed by atoms with van der Waals surface area (Å²) in [5.74, 6) is -3.44. The Hall–Kier alpha value is -2.90. The van der Waals surface area contributed by atoms with Crippen molar-refractivity contribution in [3.63, 3.8) is 0 Å². The van der Waals surface area contributed by atoms with Gasteiger partial charge in [0.25, 0.3) is 0 Å². The number of hydrogen-bond acceptors (Lipinski definition) is 5. The number of halogens is 3. The average molecular weight is 314 g/mol. The molecule has 0 aliphatic rings. The largest absolute Gasteiger partial charge is 0.504 e. The summed E-state index contributed by atoms with van der Waals surface area (Å²) in [6, 6.07) is 5.10. The number of aromatic hydroxyl groups is 3. The van der Waals surface area contributed by atoms with E-state index in [4.69, 9.17) is 9.84 Å². The van der Waals surface area contributed by atoms with Crippen molar-refractivity contribution in [3.05, 3.63) is 47.5 Å². The van der Waals surface area contributed by atoms with Crippen LogP contribution in [0, 0.1) is 0 Å². The van der Waals surface area contributed by atoms with Gasteiger partial charge >= 0.3 is 12.1 Å². The molecule has 0 aliphatic heterocycles. The van der Waals surface area contributed by atoms with Crippen molar-refractivity contribution in [2.75, 3.05) is 0 Å². The van der Waals surface area contributed by atoms with E-state index in [1.807, 2.05) is 0 Å². The molecule has 3 N–H and O–H groups in total. The molecule has 2 aromatic carbocycles. The molecule has 0 spiro atoms. The first-order chi connectivity index (χ1) is 10.2. The molecule has 0 atom stereocenters. The minimum Gasteiger partial charge on any atom is -0.504 e. The molecule has 8 heteroatoms. The molecule has 0 fully saturated rings. The first-order valence-electron chi connectivity index (χ1n) is 5.83. The highest BCUT2D eigenvalue weighted by atomic mass is 19.4. The molecule has 116 valence electrons. The van der Waals surface area contributed by atoms with Crippen molar-refractivity contribution in [2.24, 2.45) is 0 Å². The van der Waals surface area contributed by atoms with Crippen LogP contribution in [-0.2, 0) is 6.18 Å². The van der Waals surface area contributed by atoms with Crippen LogP contribution in [0.4, 0.5) is 13.2 Å². The molecule has 0 aromatic heterocycles. The highest BCUT2D eigenvalue weighted by Crippen LogP contribution is 2.36. The normalized spacial score (nSPS) is 11.2. The van der Waals surface area contributed by atoms with Crippen LogP contribution in [0.3, 0.4) is 0 Å². The van der Waals surface area contributed by atoms with E-state index in [-0.39, 0.29) is 11.3 Å². The Labute approximate surface area is 121 Å². The van der Waals surface area contributed by atoms with E-state index in [0.717, 1.165) is 36.4 Å². The summed E-state index contributed by atoms with van der Waals surface area (Å²) < 4.78 is 42.0. The maximum Gasteiger partial charge on any atom is 0.416 e. The highest BCUT2D eigenvalue weighted by molar-refractivity contribution is 5.92. The molecule has 0 aliphatic carbocycles. The Balaban J connectivity index is 2.19. The second kappa shape index (κ2) is 5.47. The molecule has 0 unspecified atom stereocenters. The number of ether oxygens (including phenoxy) is 1. The lowest BCUT2D eigenvalue weighted by molar-refractivity contribution is -0.137. The topological polar surface area (TPSA) is 87.0 Å². The fourth-order valence-electron chi connectivity index (χ4n) is 1.60. The number of phenols is 3. The van der Waals surface area contributed by atoms with Crippen LogP contribution in [0.1, 0.15) is 15.9 Å². The molecule has 2 aromatic rings. The maximum atomic E-state index is 12.4. The zero-order chi connectivity index (χ0) is 16.5. The van der Waals surface area contributed by atoms with Crippen molar-refractivity contribution in [1.29, 1.82) is 0 Å². The molecule has 0 amide bonds. The summed E-state index contributed by atoms with van der Waals surface area (Å²) in [4.78, 5) is 11.8. The van der Waals surface area contributed by atoms with E-state index in [1.54, 1.807) is 0 Å². The van der Waals surface area contributed by atoms with E-state index in [0.29, 0.717) is 0 Å². The summed E-state index contributed by atoms with van der Waals surface area (Å²) in [5, 5.41) is 27.7. The van der Waals surface area contributed by atoms with Gasteiger partial charge in [-0.2, -0.15) is 13.2 Å². The van der Waals surface area contributed by atoms with Crippen LogP contribution in [0.5, 0.6) is 23.0 Å². The van der Waals surface area contributed by atoms with Crippen LogP contribution in [-0.4, -0.2) is 21.3 Å². The van der Waals surface area contributed by atoms with Gasteiger partial charge in [0, 0.05) is 0 Å². The number of benzene rings is 2. The number of phenolic OH excluding ortho intramolecular Hbond substituents is 3. The molecule has 2 rings (SSSR count). The summed E-state index contributed by atoms with van der Waals surface area (Å²) in [7, 11) is 0. The van der Waals surface area contributed by atoms with Crippen molar-refractivity contribution in [1.82, 2.24) is 0 Å². The lowest BCUT2D eigenvalue weighted by Gasteiger charge is -2.09. The monoisotopic (exact) mass is 314 g/mol. The number of rotatable bonds is 2.